The van der Waals surface area contributed by atoms with Gasteiger partial charge in [0.2, 0.25) is 5.91 Å². The van der Waals surface area contributed by atoms with Gasteiger partial charge in [-0.05, 0) is 136 Å². The highest BCUT2D eigenvalue weighted by molar-refractivity contribution is 7.16. The number of aromatic hydroxyl groups is 1. The average Bonchev–Trinajstić information content (AvgIpc) is 1.40. The first-order valence-corrected chi connectivity index (χ1v) is 44.3. The third-order valence-electron chi connectivity index (χ3n) is 20.8. The molecule has 0 aliphatic rings. The summed E-state index contributed by atoms with van der Waals surface area (Å²) in [5.41, 5.74) is 7.06. The Morgan fingerprint density at radius 1 is 0.557 bits per heavy atom. The molecule has 0 saturated heterocycles. The van der Waals surface area contributed by atoms with Gasteiger partial charge in [0.15, 0.2) is 16.6 Å². The van der Waals surface area contributed by atoms with Gasteiger partial charge in [0.05, 0.1) is 62.1 Å². The number of rotatable bonds is 39. The predicted molar refractivity (Wildman–Crippen MR) is 495 cm³/mol. The third-order valence-corrected chi connectivity index (χ3v) is 22.4. The number of fused-ring (bicyclic) bond motifs is 4. The number of amides is 4. The van der Waals surface area contributed by atoms with Gasteiger partial charge in [0, 0.05) is 55.9 Å². The zero-order valence-corrected chi connectivity index (χ0v) is 74.1. The molecule has 0 radical (unpaired) electrons. The van der Waals surface area contributed by atoms with E-state index in [1.807, 2.05) is 131 Å². The number of hydrogen-bond donors (Lipinski definition) is 4. The fourth-order valence-electron chi connectivity index (χ4n) is 14.2. The van der Waals surface area contributed by atoms with Crippen LogP contribution in [-0.4, -0.2) is 102 Å². The molecule has 122 heavy (non-hydrogen) atoms. The smallest absolute Gasteiger partial charge is 0.351 e. The SMILES string of the molecule is CC(=O)Oc1ccccc1.CCCCCCCCCCCCCCOc1ccccc1NC(=O)c1ccc2c(N(CCCCCCCCCCCC)C(=O)n3nnc4ccccc43)cccc2c1O.CN=c1sc2ccccc2n1C.Cc1ccc(OCCCC(=O)Nc2ccc(Cl)c(NC(=O)C(C(=O)C(C)(C)C)n3nnc4ccccc43)c2)c(C)c1. The number of phenols is 1. The monoisotopic (exact) mass is 1690 g/mol. The molecule has 4 N–H and O–H groups in total. The Morgan fingerprint density at radius 3 is 1.77 bits per heavy atom. The lowest BCUT2D eigenvalue weighted by molar-refractivity contribution is -0.136. The second-order valence-electron chi connectivity index (χ2n) is 31.7. The van der Waals surface area contributed by atoms with Crippen molar-refractivity contribution in [3.63, 3.8) is 0 Å². The summed E-state index contributed by atoms with van der Waals surface area (Å²) in [5.74, 6) is -0.0314. The van der Waals surface area contributed by atoms with E-state index in [-0.39, 0.29) is 52.1 Å². The fourth-order valence-corrected chi connectivity index (χ4v) is 15.4. The summed E-state index contributed by atoms with van der Waals surface area (Å²) < 4.78 is 22.8. The number of aryl methyl sites for hydroxylation is 3. The highest BCUT2D eigenvalue weighted by atomic mass is 35.5. The minimum absolute atomic E-state index is 0.139. The average molecular weight is 1690 g/mol. The van der Waals surface area contributed by atoms with Crippen LogP contribution in [0.1, 0.15) is 223 Å². The van der Waals surface area contributed by atoms with Crippen LogP contribution in [0.15, 0.2) is 199 Å². The standard InChI is InChI=1S/C50H69N5O4.C31H34ClN5O4.C9H10N2S.C8H8O2/c1-3-5-7-9-11-13-15-16-18-20-22-28-39-59-47-35-26-24-32-44(47)51-49(57)42-37-36-40-41(48(42)56)30-29-34-45(40)54(38-27-21-19-17-14-12-10-8-6-4-2)50(58)55-46-33-25-23-31-43(46)52-53-55;1-19-12-15-26(20(2)17-19)41-16-8-11-27(38)33-21-13-14-22(32)24(18-21)34-30(40)28(29(39)31(3,4)5)37-25-10-7-6-9-23(25)35-36-37;1-10-9-11(2)7-5-3-4-6-8(7)12-9;1-7(9)10-8-5-3-2-4-6-8/h23-26,29-37,56H,3-22,27-28,38-39H2,1-2H3,(H,51,57);6-7,9-10,12-15,17-18,28H,8,11,16H2,1-5H3,(H,33,38)(H,34,40);3-6H,1-2H3;2-6H,1H3. The Labute approximate surface area is 726 Å². The van der Waals surface area contributed by atoms with Crippen LogP contribution in [-0.2, 0) is 26.2 Å². The van der Waals surface area contributed by atoms with Crippen molar-refractivity contribution in [3.05, 3.63) is 221 Å². The second-order valence-corrected chi connectivity index (χ2v) is 33.1. The second kappa shape index (κ2) is 49.4. The number of benzene rings is 9. The first-order valence-electron chi connectivity index (χ1n) is 43.1. The zero-order chi connectivity index (χ0) is 87.2. The molecule has 0 bridgehead atoms. The number of thiazole rings is 1. The fraction of sp³-hybridized carbons (Fsp3) is 0.398. The molecule has 1 unspecified atom stereocenters. The van der Waals surface area contributed by atoms with Gasteiger partial charge in [-0.3, -0.25) is 33.9 Å². The quantitative estimate of drug-likeness (QED) is 0.0121. The van der Waals surface area contributed by atoms with Crippen molar-refractivity contribution in [2.75, 3.05) is 47.7 Å². The molecule has 24 heteroatoms. The van der Waals surface area contributed by atoms with Crippen LogP contribution in [0.3, 0.4) is 0 Å². The molecule has 0 aliphatic carbocycles. The van der Waals surface area contributed by atoms with Gasteiger partial charge in [-0.1, -0.05) is 299 Å². The maximum atomic E-state index is 14.3. The number of unbranched alkanes of at least 4 members (excludes halogenated alkanes) is 20. The van der Waals surface area contributed by atoms with Crippen molar-refractivity contribution in [1.29, 1.82) is 0 Å². The Kier molecular flexibility index (Phi) is 38.2. The number of aromatic nitrogens is 7. The van der Waals surface area contributed by atoms with Crippen LogP contribution >= 0.6 is 22.9 Å². The summed E-state index contributed by atoms with van der Waals surface area (Å²) in [6.07, 6.45) is 28.0. The molecule has 12 rings (SSSR count). The first-order chi connectivity index (χ1) is 59.1. The van der Waals surface area contributed by atoms with E-state index >= 15 is 0 Å². The predicted octanol–water partition coefficient (Wildman–Crippen LogP) is 23.7. The molecular weight excluding hydrogens is 1570 g/mol. The molecule has 0 spiro atoms. The molecule has 9 aromatic carbocycles. The minimum Gasteiger partial charge on any atom is -0.506 e. The van der Waals surface area contributed by atoms with E-state index < -0.39 is 23.3 Å². The zero-order valence-electron chi connectivity index (χ0n) is 72.6. The van der Waals surface area contributed by atoms with Gasteiger partial charge in [0.1, 0.15) is 34.0 Å². The number of carbonyl (C=O) groups is 6. The summed E-state index contributed by atoms with van der Waals surface area (Å²) in [7, 11) is 3.87. The van der Waals surface area contributed by atoms with E-state index in [0.717, 1.165) is 53.8 Å². The maximum absolute atomic E-state index is 14.3. The molecule has 1 atom stereocenters. The van der Waals surface area contributed by atoms with E-state index in [0.29, 0.717) is 87.6 Å². The van der Waals surface area contributed by atoms with E-state index in [9.17, 15) is 33.9 Å². The van der Waals surface area contributed by atoms with Crippen LogP contribution in [0.2, 0.25) is 5.02 Å². The molecule has 646 valence electrons. The van der Waals surface area contributed by atoms with Crippen molar-refractivity contribution >= 4 is 124 Å². The summed E-state index contributed by atoms with van der Waals surface area (Å²) in [5, 5.41) is 38.3. The van der Waals surface area contributed by atoms with E-state index in [1.54, 1.807) is 104 Å². The molecular formula is C98H121ClN12O10S. The summed E-state index contributed by atoms with van der Waals surface area (Å²) in [6, 6.07) is 57.3. The van der Waals surface area contributed by atoms with Crippen molar-refractivity contribution in [1.82, 2.24) is 34.6 Å². The van der Waals surface area contributed by atoms with Gasteiger partial charge < -0.3 is 39.8 Å². The van der Waals surface area contributed by atoms with Gasteiger partial charge in [0.25, 0.3) is 11.8 Å². The number of esters is 1. The normalized spacial score (nSPS) is 11.5. The molecule has 22 nitrogen and oxygen atoms in total. The summed E-state index contributed by atoms with van der Waals surface area (Å²) >= 11 is 8.11. The lowest BCUT2D eigenvalue weighted by Gasteiger charge is -2.24. The van der Waals surface area contributed by atoms with E-state index in [4.69, 9.17) is 25.8 Å². The topological polar surface area (TPSA) is 268 Å². The minimum atomic E-state index is -1.28. The number of ether oxygens (including phenoxy) is 3. The van der Waals surface area contributed by atoms with Crippen LogP contribution in [0.5, 0.6) is 23.0 Å². The Bertz CT molecular complexity index is 5440. The van der Waals surface area contributed by atoms with Crippen LogP contribution < -0.4 is 39.9 Å². The van der Waals surface area contributed by atoms with Gasteiger partial charge in [-0.25, -0.2) is 9.48 Å². The Hall–Kier alpha value is -11.6. The first kappa shape index (κ1) is 94.3. The molecule has 4 amide bonds. The molecule has 0 saturated carbocycles. The van der Waals surface area contributed by atoms with E-state index in [1.165, 1.54) is 136 Å². The van der Waals surface area contributed by atoms with Crippen molar-refractivity contribution in [3.8, 4) is 23.0 Å². The number of anilines is 4. The number of carbonyl (C=O) groups excluding carboxylic acids is 6. The number of phenolic OH excluding ortho intramolecular Hbond substituents is 1. The van der Waals surface area contributed by atoms with Gasteiger partial charge in [-0.2, -0.15) is 4.68 Å². The Morgan fingerprint density at radius 2 is 1.13 bits per heavy atom. The van der Waals surface area contributed by atoms with Crippen LogP contribution in [0.25, 0.3) is 43.1 Å². The number of para-hydroxylation sites is 6. The highest BCUT2D eigenvalue weighted by Crippen LogP contribution is 2.38. The number of Topliss-reactive ketones (excluding diaryl/α,β-unsaturated/α-hetero) is 1. The lowest BCUT2D eigenvalue weighted by Crippen LogP contribution is -2.39. The molecule has 3 heterocycles. The molecule has 0 aliphatic heterocycles. The van der Waals surface area contributed by atoms with Crippen LogP contribution in [0, 0.1) is 19.3 Å². The van der Waals surface area contributed by atoms with E-state index in [2.05, 4.69) is 84.2 Å². The van der Waals surface area contributed by atoms with Crippen LogP contribution in [0.4, 0.5) is 27.5 Å². The maximum Gasteiger partial charge on any atom is 0.351 e. The number of nitrogens with zero attached hydrogens (tertiary/aromatic N) is 9. The summed E-state index contributed by atoms with van der Waals surface area (Å²) in [6.45, 7) is 16.6. The third kappa shape index (κ3) is 28.5. The highest BCUT2D eigenvalue weighted by Gasteiger charge is 2.38. The molecule has 0 fully saturated rings. The lowest BCUT2D eigenvalue weighted by atomic mass is 9.86. The van der Waals surface area contributed by atoms with Gasteiger partial charge >= 0.3 is 12.0 Å². The van der Waals surface area contributed by atoms with Crippen molar-refractivity contribution in [2.45, 2.75) is 216 Å². The largest absolute Gasteiger partial charge is 0.506 e. The van der Waals surface area contributed by atoms with Crippen molar-refractivity contribution in [2.24, 2.45) is 17.5 Å². The Balaban J connectivity index is 0.000000228. The number of hydrogen-bond acceptors (Lipinski definition) is 16. The van der Waals surface area contributed by atoms with Crippen molar-refractivity contribution < 1.29 is 48.1 Å². The molecule has 3 aromatic heterocycles. The number of halogens is 1. The number of nitrogens with one attached hydrogen (secondary N) is 3. The number of ketones is 1. The summed E-state index contributed by atoms with van der Waals surface area (Å²) in [4.78, 5) is 85.0. The molecule has 12 aromatic rings. The van der Waals surface area contributed by atoms with Gasteiger partial charge in [-0.15, -0.1) is 10.2 Å².